The van der Waals surface area contributed by atoms with Crippen molar-refractivity contribution in [1.82, 2.24) is 4.90 Å². The first-order valence-electron chi connectivity index (χ1n) is 8.37. The van der Waals surface area contributed by atoms with Crippen LogP contribution in [0.15, 0.2) is 48.5 Å². The van der Waals surface area contributed by atoms with Crippen LogP contribution in [0.4, 0.5) is 14.5 Å². The van der Waals surface area contributed by atoms with E-state index in [1.54, 1.807) is 29.2 Å². The first kappa shape index (κ1) is 17.8. The average Bonchev–Trinajstić information content (AvgIpc) is 3.15. The molecule has 1 saturated heterocycles. The zero-order valence-corrected chi connectivity index (χ0v) is 14.0. The fourth-order valence-corrected chi connectivity index (χ4v) is 2.85. The van der Waals surface area contributed by atoms with Crippen LogP contribution in [0.5, 0.6) is 0 Å². The van der Waals surface area contributed by atoms with Crippen molar-refractivity contribution in [3.8, 4) is 0 Å². The fraction of sp³-hybridized carbons (Fsp3) is 0.200. The number of nitrogens with one attached hydrogen (secondary N) is 1. The van der Waals surface area contributed by atoms with Gasteiger partial charge >= 0.3 is 0 Å². The lowest BCUT2D eigenvalue weighted by Gasteiger charge is -2.15. The molecule has 1 fully saturated rings. The first-order valence-corrected chi connectivity index (χ1v) is 8.37. The predicted octanol–water partition coefficient (Wildman–Crippen LogP) is 3.85. The Kier molecular flexibility index (Phi) is 5.41. The number of carbonyl (C=O) groups excluding carboxylic acids is 2. The zero-order chi connectivity index (χ0) is 18.5. The van der Waals surface area contributed by atoms with Crippen molar-refractivity contribution >= 4 is 23.6 Å². The normalized spacial score (nSPS) is 14.0. The van der Waals surface area contributed by atoms with Crippen LogP contribution in [0.3, 0.4) is 0 Å². The molecule has 1 aliphatic heterocycles. The molecule has 4 nitrogen and oxygen atoms in total. The van der Waals surface area contributed by atoms with Crippen LogP contribution in [0.25, 0.3) is 6.08 Å². The lowest BCUT2D eigenvalue weighted by atomic mass is 10.1. The number of halogens is 2. The van der Waals surface area contributed by atoms with E-state index in [9.17, 15) is 18.4 Å². The van der Waals surface area contributed by atoms with E-state index in [-0.39, 0.29) is 11.5 Å². The second kappa shape index (κ2) is 7.91. The highest BCUT2D eigenvalue weighted by Gasteiger charge is 2.19. The van der Waals surface area contributed by atoms with Crippen LogP contribution in [0, 0.1) is 11.6 Å². The van der Waals surface area contributed by atoms with E-state index in [1.165, 1.54) is 6.07 Å². The van der Waals surface area contributed by atoms with E-state index in [2.05, 4.69) is 5.32 Å². The highest BCUT2D eigenvalue weighted by Crippen LogP contribution is 2.17. The van der Waals surface area contributed by atoms with Crippen molar-refractivity contribution in [2.45, 2.75) is 12.8 Å². The second-order valence-corrected chi connectivity index (χ2v) is 6.04. The van der Waals surface area contributed by atoms with Crippen LogP contribution in [0.2, 0.25) is 0 Å². The summed E-state index contributed by atoms with van der Waals surface area (Å²) in [5.41, 5.74) is 0.660. The molecule has 0 spiro atoms. The summed E-state index contributed by atoms with van der Waals surface area (Å²) in [6.45, 7) is 1.48. The number of hydrogen-bond acceptors (Lipinski definition) is 2. The smallest absolute Gasteiger partial charge is 0.253 e. The van der Waals surface area contributed by atoms with Gasteiger partial charge in [-0.1, -0.05) is 12.1 Å². The molecule has 0 aromatic heterocycles. The Hall–Kier alpha value is -3.02. The molecule has 0 unspecified atom stereocenters. The molecule has 1 N–H and O–H groups in total. The van der Waals surface area contributed by atoms with Crippen molar-refractivity contribution in [3.05, 3.63) is 71.3 Å². The Morgan fingerprint density at radius 3 is 2.35 bits per heavy atom. The number of carbonyl (C=O) groups is 2. The predicted molar refractivity (Wildman–Crippen MR) is 95.6 cm³/mol. The number of benzene rings is 2. The Balaban J connectivity index is 1.69. The number of amides is 2. The van der Waals surface area contributed by atoms with Gasteiger partial charge in [-0.2, -0.15) is 0 Å². The van der Waals surface area contributed by atoms with E-state index in [4.69, 9.17) is 0 Å². The molecule has 0 atom stereocenters. The van der Waals surface area contributed by atoms with E-state index >= 15 is 0 Å². The van der Waals surface area contributed by atoms with Crippen molar-refractivity contribution in [1.29, 1.82) is 0 Å². The molecule has 1 aliphatic rings. The molecule has 2 amide bonds. The SMILES string of the molecule is O=C(/C=C/c1c(F)cccc1F)Nc1cccc(C(=O)N2CCCC2)c1. The molecular formula is C20H18F2N2O2. The summed E-state index contributed by atoms with van der Waals surface area (Å²) in [5.74, 6) is -2.10. The third kappa shape index (κ3) is 4.14. The summed E-state index contributed by atoms with van der Waals surface area (Å²) in [4.78, 5) is 26.2. The maximum absolute atomic E-state index is 13.6. The molecule has 0 aliphatic carbocycles. The van der Waals surface area contributed by atoms with Gasteiger partial charge in [0.15, 0.2) is 0 Å². The van der Waals surface area contributed by atoms with Gasteiger partial charge in [0.2, 0.25) is 5.91 Å². The Morgan fingerprint density at radius 1 is 1.00 bits per heavy atom. The van der Waals surface area contributed by atoms with E-state index in [0.717, 1.165) is 50.2 Å². The van der Waals surface area contributed by atoms with Gasteiger partial charge in [-0.3, -0.25) is 9.59 Å². The highest BCUT2D eigenvalue weighted by atomic mass is 19.1. The minimum absolute atomic E-state index is 0.0671. The topological polar surface area (TPSA) is 49.4 Å². The van der Waals surface area contributed by atoms with Crippen LogP contribution < -0.4 is 5.32 Å². The van der Waals surface area contributed by atoms with Gasteiger partial charge in [-0.05, 0) is 49.2 Å². The summed E-state index contributed by atoms with van der Waals surface area (Å²) in [5, 5.41) is 2.60. The van der Waals surface area contributed by atoms with Crippen molar-refractivity contribution in [2.75, 3.05) is 18.4 Å². The summed E-state index contributed by atoms with van der Waals surface area (Å²) in [7, 11) is 0. The van der Waals surface area contributed by atoms with Gasteiger partial charge in [-0.15, -0.1) is 0 Å². The minimum Gasteiger partial charge on any atom is -0.339 e. The lowest BCUT2D eigenvalue weighted by Crippen LogP contribution is -2.27. The molecule has 3 rings (SSSR count). The molecule has 0 bridgehead atoms. The molecule has 26 heavy (non-hydrogen) atoms. The van der Waals surface area contributed by atoms with Crippen LogP contribution in [-0.4, -0.2) is 29.8 Å². The molecule has 1 heterocycles. The Labute approximate surface area is 150 Å². The summed E-state index contributed by atoms with van der Waals surface area (Å²) >= 11 is 0. The standard InChI is InChI=1S/C20H18F2N2O2/c21-17-7-4-8-18(22)16(17)9-10-19(25)23-15-6-3-5-14(13-15)20(26)24-11-1-2-12-24/h3-10,13H,1-2,11-12H2,(H,23,25)/b10-9+. The molecule has 0 radical (unpaired) electrons. The summed E-state index contributed by atoms with van der Waals surface area (Å²) in [6.07, 6.45) is 4.13. The number of likely N-dealkylation sites (tertiary alicyclic amines) is 1. The lowest BCUT2D eigenvalue weighted by molar-refractivity contribution is -0.111. The van der Waals surface area contributed by atoms with Crippen molar-refractivity contribution in [3.63, 3.8) is 0 Å². The molecule has 2 aromatic rings. The molecular weight excluding hydrogens is 338 g/mol. The summed E-state index contributed by atoms with van der Waals surface area (Å²) < 4.78 is 27.1. The highest BCUT2D eigenvalue weighted by molar-refractivity contribution is 6.03. The number of nitrogens with zero attached hydrogens (tertiary/aromatic N) is 1. The summed E-state index contributed by atoms with van der Waals surface area (Å²) in [6, 6.07) is 10.1. The molecule has 0 saturated carbocycles. The monoisotopic (exact) mass is 356 g/mol. The molecule has 2 aromatic carbocycles. The van der Waals surface area contributed by atoms with Crippen LogP contribution >= 0.6 is 0 Å². The first-order chi connectivity index (χ1) is 12.5. The van der Waals surface area contributed by atoms with E-state index in [0.29, 0.717) is 11.3 Å². The van der Waals surface area contributed by atoms with E-state index < -0.39 is 17.5 Å². The molecule has 134 valence electrons. The van der Waals surface area contributed by atoms with Gasteiger partial charge in [0.25, 0.3) is 5.91 Å². The third-order valence-corrected chi connectivity index (χ3v) is 4.17. The van der Waals surface area contributed by atoms with Crippen molar-refractivity contribution in [2.24, 2.45) is 0 Å². The quantitative estimate of drug-likeness (QED) is 0.846. The Bertz CT molecular complexity index is 838. The van der Waals surface area contributed by atoms with Gasteiger partial charge < -0.3 is 10.2 Å². The minimum atomic E-state index is -0.743. The van der Waals surface area contributed by atoms with Gasteiger partial charge in [-0.25, -0.2) is 8.78 Å². The van der Waals surface area contributed by atoms with E-state index in [1.807, 2.05) is 0 Å². The van der Waals surface area contributed by atoms with Crippen LogP contribution in [-0.2, 0) is 4.79 Å². The van der Waals surface area contributed by atoms with Gasteiger partial charge in [0, 0.05) is 36.0 Å². The maximum atomic E-state index is 13.6. The second-order valence-electron chi connectivity index (χ2n) is 6.04. The fourth-order valence-electron chi connectivity index (χ4n) is 2.85. The molecule has 6 heteroatoms. The van der Waals surface area contributed by atoms with Gasteiger partial charge in [0.1, 0.15) is 11.6 Å². The van der Waals surface area contributed by atoms with Gasteiger partial charge in [0.05, 0.1) is 0 Å². The number of rotatable bonds is 4. The zero-order valence-electron chi connectivity index (χ0n) is 14.0. The number of anilines is 1. The van der Waals surface area contributed by atoms with Crippen molar-refractivity contribution < 1.29 is 18.4 Å². The maximum Gasteiger partial charge on any atom is 0.253 e. The Morgan fingerprint density at radius 2 is 1.65 bits per heavy atom. The van der Waals surface area contributed by atoms with Crippen LogP contribution in [0.1, 0.15) is 28.8 Å². The third-order valence-electron chi connectivity index (χ3n) is 4.17. The largest absolute Gasteiger partial charge is 0.339 e. The average molecular weight is 356 g/mol. The number of hydrogen-bond donors (Lipinski definition) is 1.